The zero-order valence-corrected chi connectivity index (χ0v) is 47.0. The molecule has 24 heteroatoms. The molecule has 2 amide bonds. The van der Waals surface area contributed by atoms with Gasteiger partial charge in [-0.15, -0.1) is 23.5 Å². The fourth-order valence-corrected chi connectivity index (χ4v) is 11.9. The lowest BCUT2D eigenvalue weighted by atomic mass is 9.90. The Kier molecular flexibility index (Phi) is 19.8. The minimum atomic E-state index is -1.73. The molecule has 10 rings (SSSR count). The average Bonchev–Trinajstić information content (AvgIpc) is 4.35. The van der Waals surface area contributed by atoms with E-state index in [2.05, 4.69) is 30.8 Å². The van der Waals surface area contributed by atoms with Gasteiger partial charge >= 0.3 is 0 Å². The first kappa shape index (κ1) is 59.9. The van der Waals surface area contributed by atoms with Crippen LogP contribution in [0.3, 0.4) is 0 Å². The van der Waals surface area contributed by atoms with Crippen molar-refractivity contribution in [2.75, 3.05) is 37.1 Å². The van der Waals surface area contributed by atoms with Crippen LogP contribution in [0, 0.1) is 23.3 Å². The fourth-order valence-electron chi connectivity index (χ4n) is 9.04. The van der Waals surface area contributed by atoms with Gasteiger partial charge in [-0.25, -0.2) is 36.9 Å². The molecule has 428 valence electrons. The highest BCUT2D eigenvalue weighted by molar-refractivity contribution is 8.00. The van der Waals surface area contributed by atoms with Crippen LogP contribution in [-0.4, -0.2) is 99.0 Å². The predicted octanol–water partition coefficient (Wildman–Crippen LogP) is 11.2. The van der Waals surface area contributed by atoms with Gasteiger partial charge in [-0.3, -0.25) is 9.59 Å². The third-order valence-corrected chi connectivity index (χ3v) is 16.9. The van der Waals surface area contributed by atoms with Crippen molar-refractivity contribution in [1.82, 2.24) is 29.5 Å². The Balaban J connectivity index is 0.000000198. The van der Waals surface area contributed by atoms with Crippen LogP contribution in [0.2, 0.25) is 10.0 Å². The molecular formula is C58H54Cl2F4N8O8S2. The number of aliphatic hydroxyl groups is 2. The summed E-state index contributed by atoms with van der Waals surface area (Å²) in [5.74, 6) is -3.67. The van der Waals surface area contributed by atoms with Crippen molar-refractivity contribution in [3.05, 3.63) is 225 Å². The van der Waals surface area contributed by atoms with Crippen LogP contribution in [-0.2, 0) is 43.2 Å². The van der Waals surface area contributed by atoms with E-state index in [1.807, 2.05) is 0 Å². The molecule has 2 aliphatic rings. The van der Waals surface area contributed by atoms with Gasteiger partial charge in [0.1, 0.15) is 59.8 Å². The van der Waals surface area contributed by atoms with Gasteiger partial charge in [0.2, 0.25) is 0 Å². The number of anilines is 2. The summed E-state index contributed by atoms with van der Waals surface area (Å²) in [4.78, 5) is 32.9. The van der Waals surface area contributed by atoms with Crippen molar-refractivity contribution >= 4 is 69.9 Å². The second kappa shape index (κ2) is 27.1. The molecule has 2 aromatic heterocycles. The van der Waals surface area contributed by atoms with E-state index in [0.717, 1.165) is 35.4 Å². The number of thioether (sulfide) groups is 2. The molecule has 0 spiro atoms. The highest BCUT2D eigenvalue weighted by Gasteiger charge is 2.43. The van der Waals surface area contributed by atoms with Gasteiger partial charge in [0.25, 0.3) is 11.8 Å². The summed E-state index contributed by atoms with van der Waals surface area (Å²) in [5.41, 5.74) is 0.190. The maximum absolute atomic E-state index is 14.8. The summed E-state index contributed by atoms with van der Waals surface area (Å²) in [6, 6.07) is 33.8. The standard InChI is InChI=1S/2C29H27ClF2N4O4S/c2*1-18(29(38,15-36-17-33-16-34-36)25-11-8-22(31)12-26(25)32)41-24-13-39-28(40-14-24)20-4-2-19(3-5-20)27(37)35-23-9-6-21(30)7-10-23/h2*2-12,16-18,24,28,38H,13-15H2,1H3,(H,35,37)/t2*18-,24?,28?,29-/m11/s1. The molecule has 0 saturated carbocycles. The van der Waals surface area contributed by atoms with Gasteiger partial charge in [0, 0.05) is 77.4 Å². The Morgan fingerprint density at radius 2 is 0.927 bits per heavy atom. The summed E-state index contributed by atoms with van der Waals surface area (Å²) < 4.78 is 83.5. The molecule has 16 nitrogen and oxygen atoms in total. The molecule has 6 aromatic carbocycles. The molecule has 0 radical (unpaired) electrons. The maximum Gasteiger partial charge on any atom is 0.255 e. The van der Waals surface area contributed by atoms with E-state index in [1.54, 1.807) is 111 Å². The van der Waals surface area contributed by atoms with Crippen molar-refractivity contribution < 1.29 is 56.3 Å². The lowest BCUT2D eigenvalue weighted by Gasteiger charge is -2.37. The number of amides is 2. The Hall–Kier alpha value is -6.70. The van der Waals surface area contributed by atoms with Gasteiger partial charge in [-0.2, -0.15) is 10.2 Å². The number of halogens is 6. The first-order chi connectivity index (χ1) is 39.4. The van der Waals surface area contributed by atoms with E-state index >= 15 is 0 Å². The monoisotopic (exact) mass is 1200 g/mol. The SMILES string of the molecule is C[C@@H](SC1COC(c2ccc(C(=O)Nc3ccc(Cl)cc3)cc2)OC1)[C@](O)(Cn1cncn1)c1ccc(F)cc1F.C[C@@H](SC1COC(c2ccc(C(=O)Nc3ccc(Cl)cc3)cc2)OC1)[C@](O)(Cn1cncn1)c1ccc(F)cc1F. The lowest BCUT2D eigenvalue weighted by molar-refractivity contribution is -0.180. The van der Waals surface area contributed by atoms with Crippen LogP contribution >= 0.6 is 46.7 Å². The average molecular weight is 1200 g/mol. The molecule has 4 heterocycles. The Bertz CT molecular complexity index is 3160. The first-order valence-electron chi connectivity index (χ1n) is 25.5. The second-order valence-electron chi connectivity index (χ2n) is 19.2. The van der Waals surface area contributed by atoms with Crippen LogP contribution in [0.15, 0.2) is 159 Å². The molecule has 8 aromatic rings. The van der Waals surface area contributed by atoms with E-state index in [9.17, 15) is 37.4 Å². The molecule has 2 aliphatic heterocycles. The highest BCUT2D eigenvalue weighted by Crippen LogP contribution is 2.42. The smallest absolute Gasteiger partial charge is 0.255 e. The summed E-state index contributed by atoms with van der Waals surface area (Å²) in [6.07, 6.45) is 4.24. The number of benzene rings is 6. The number of hydrogen-bond acceptors (Lipinski definition) is 14. The van der Waals surface area contributed by atoms with Crippen LogP contribution in [0.5, 0.6) is 0 Å². The van der Waals surface area contributed by atoms with E-state index in [0.29, 0.717) is 59.0 Å². The normalized spacial score (nSPS) is 19.3. The summed E-state index contributed by atoms with van der Waals surface area (Å²) in [5, 5.41) is 36.9. The minimum absolute atomic E-state index is 0.0369. The summed E-state index contributed by atoms with van der Waals surface area (Å²) >= 11 is 14.5. The maximum atomic E-state index is 14.8. The van der Waals surface area contributed by atoms with Crippen molar-refractivity contribution in [1.29, 1.82) is 0 Å². The quantitative estimate of drug-likeness (QED) is 0.0592. The summed E-state index contributed by atoms with van der Waals surface area (Å²) in [7, 11) is 0. The van der Waals surface area contributed by atoms with Gasteiger partial charge < -0.3 is 39.8 Å². The zero-order valence-electron chi connectivity index (χ0n) is 43.8. The topological polar surface area (TPSA) is 197 Å². The zero-order chi connectivity index (χ0) is 58.0. The number of carbonyl (C=O) groups excluding carboxylic acids is 2. The first-order valence-corrected chi connectivity index (χ1v) is 28.2. The fraction of sp³-hybridized carbons (Fsp3) is 0.276. The molecule has 2 fully saturated rings. The highest BCUT2D eigenvalue weighted by atomic mass is 35.5. The number of nitrogens with one attached hydrogen (secondary N) is 2. The molecule has 4 N–H and O–H groups in total. The number of aromatic nitrogens is 6. The number of carbonyl (C=O) groups is 2. The molecule has 2 saturated heterocycles. The predicted molar refractivity (Wildman–Crippen MR) is 303 cm³/mol. The van der Waals surface area contributed by atoms with Gasteiger partial charge in [0.05, 0.1) is 50.0 Å². The Labute approximate surface area is 487 Å². The Morgan fingerprint density at radius 1 is 0.573 bits per heavy atom. The number of ether oxygens (including phenoxy) is 4. The summed E-state index contributed by atoms with van der Waals surface area (Å²) in [6.45, 7) is 4.60. The number of nitrogens with zero attached hydrogens (tertiary/aromatic N) is 6. The molecule has 0 aliphatic carbocycles. The van der Waals surface area contributed by atoms with Crippen LogP contribution in [0.1, 0.15) is 69.4 Å². The lowest BCUT2D eigenvalue weighted by Crippen LogP contribution is -2.43. The number of rotatable bonds is 18. The molecule has 0 unspecified atom stereocenters. The van der Waals surface area contributed by atoms with Gasteiger partial charge in [-0.05, 0) is 84.9 Å². The molecule has 4 atom stereocenters. The van der Waals surface area contributed by atoms with E-state index in [4.69, 9.17) is 42.1 Å². The van der Waals surface area contributed by atoms with Crippen molar-refractivity contribution in [3.63, 3.8) is 0 Å². The molecule has 82 heavy (non-hydrogen) atoms. The van der Waals surface area contributed by atoms with E-state index in [-0.39, 0.29) is 46.5 Å². The third kappa shape index (κ3) is 15.1. The van der Waals surface area contributed by atoms with Crippen LogP contribution in [0.4, 0.5) is 28.9 Å². The van der Waals surface area contributed by atoms with Gasteiger partial charge in [-0.1, -0.05) is 73.4 Å². The van der Waals surface area contributed by atoms with Crippen LogP contribution < -0.4 is 10.6 Å². The van der Waals surface area contributed by atoms with E-state index in [1.165, 1.54) is 70.3 Å². The second-order valence-corrected chi connectivity index (χ2v) is 23.4. The minimum Gasteiger partial charge on any atom is -0.382 e. The van der Waals surface area contributed by atoms with Gasteiger partial charge in [0.15, 0.2) is 12.6 Å². The van der Waals surface area contributed by atoms with Crippen molar-refractivity contribution in [3.8, 4) is 0 Å². The molecular weight excluding hydrogens is 1150 g/mol. The van der Waals surface area contributed by atoms with Crippen molar-refractivity contribution in [2.45, 2.75) is 71.7 Å². The largest absolute Gasteiger partial charge is 0.382 e. The van der Waals surface area contributed by atoms with Crippen LogP contribution in [0.25, 0.3) is 0 Å². The molecule has 0 bridgehead atoms. The third-order valence-electron chi connectivity index (χ3n) is 13.5. The Morgan fingerprint density at radius 3 is 1.24 bits per heavy atom. The van der Waals surface area contributed by atoms with Crippen molar-refractivity contribution in [2.24, 2.45) is 0 Å². The number of hydrogen-bond donors (Lipinski definition) is 4. The van der Waals surface area contributed by atoms with E-state index < -0.39 is 57.6 Å².